The Hall–Kier alpha value is -1.62. The topological polar surface area (TPSA) is 79.3 Å². The summed E-state index contributed by atoms with van der Waals surface area (Å²) < 4.78 is 0. The van der Waals surface area contributed by atoms with Gasteiger partial charge in [-0.25, -0.2) is 9.78 Å². The third-order valence-electron chi connectivity index (χ3n) is 4.29. The molecule has 0 bridgehead atoms. The maximum Gasteiger partial charge on any atom is 0.329 e. The minimum Gasteiger partial charge on any atom is -0.480 e. The maximum atomic E-state index is 12.3. The van der Waals surface area contributed by atoms with Crippen molar-refractivity contribution >= 4 is 23.5 Å². The molecule has 0 saturated heterocycles. The third kappa shape index (κ3) is 3.53. The quantitative estimate of drug-likeness (QED) is 0.838. The molecular weight excluding hydrogens is 292 g/mol. The van der Waals surface area contributed by atoms with Gasteiger partial charge in [-0.2, -0.15) is 0 Å². The van der Waals surface area contributed by atoms with Gasteiger partial charge in [-0.05, 0) is 43.7 Å². The molecule has 0 radical (unpaired) electrons. The summed E-state index contributed by atoms with van der Waals surface area (Å²) in [4.78, 5) is 27.7. The number of carbonyl (C=O) groups excluding carboxylic acids is 1. The summed E-state index contributed by atoms with van der Waals surface area (Å²) in [7, 11) is 0. The molecule has 0 spiro atoms. The van der Waals surface area contributed by atoms with E-state index >= 15 is 0 Å². The van der Waals surface area contributed by atoms with E-state index in [1.165, 1.54) is 18.3 Å². The van der Waals surface area contributed by atoms with Gasteiger partial charge in [0.2, 0.25) is 0 Å². The second kappa shape index (κ2) is 6.43. The van der Waals surface area contributed by atoms with Crippen molar-refractivity contribution in [2.45, 2.75) is 44.6 Å². The number of aromatic nitrogens is 1. The van der Waals surface area contributed by atoms with Crippen LogP contribution in [0.1, 0.15) is 49.4 Å². The van der Waals surface area contributed by atoms with Crippen LogP contribution < -0.4 is 5.32 Å². The van der Waals surface area contributed by atoms with Crippen molar-refractivity contribution < 1.29 is 14.7 Å². The van der Waals surface area contributed by atoms with Crippen molar-refractivity contribution in [2.75, 3.05) is 0 Å². The highest BCUT2D eigenvalue weighted by Crippen LogP contribution is 2.34. The number of hydrogen-bond donors (Lipinski definition) is 2. The van der Waals surface area contributed by atoms with E-state index in [9.17, 15) is 14.7 Å². The Morgan fingerprint density at radius 2 is 2.14 bits per heavy atom. The van der Waals surface area contributed by atoms with Gasteiger partial charge in [0.05, 0.1) is 0 Å². The van der Waals surface area contributed by atoms with Gasteiger partial charge >= 0.3 is 5.97 Å². The molecule has 0 aromatic carbocycles. The summed E-state index contributed by atoms with van der Waals surface area (Å²) in [5.74, 6) is -0.841. The van der Waals surface area contributed by atoms with Crippen LogP contribution in [0, 0.1) is 5.92 Å². The molecule has 2 rings (SSSR count). The van der Waals surface area contributed by atoms with Crippen LogP contribution in [0.25, 0.3) is 0 Å². The summed E-state index contributed by atoms with van der Waals surface area (Å²) in [5.41, 5.74) is -0.841. The normalized spacial score (nSPS) is 25.3. The van der Waals surface area contributed by atoms with Crippen molar-refractivity contribution in [1.29, 1.82) is 0 Å². The molecule has 1 aromatic rings. The Morgan fingerprint density at radius 3 is 2.67 bits per heavy atom. The second-order valence-corrected chi connectivity index (χ2v) is 5.95. The largest absolute Gasteiger partial charge is 0.480 e. The summed E-state index contributed by atoms with van der Waals surface area (Å²) >= 11 is 5.76. The molecule has 5 nitrogen and oxygen atoms in total. The first-order valence-electron chi connectivity index (χ1n) is 7.14. The van der Waals surface area contributed by atoms with Gasteiger partial charge in [-0.15, -0.1) is 0 Å². The number of nitrogens with one attached hydrogen (secondary N) is 1. The van der Waals surface area contributed by atoms with E-state index in [0.29, 0.717) is 24.3 Å². The monoisotopic (exact) mass is 310 g/mol. The van der Waals surface area contributed by atoms with Gasteiger partial charge in [0, 0.05) is 11.8 Å². The summed E-state index contributed by atoms with van der Waals surface area (Å²) in [6, 6.07) is 2.96. The Kier molecular flexibility index (Phi) is 4.83. The number of pyridine rings is 1. The molecule has 0 atom stereocenters. The average Bonchev–Trinajstić information content (AvgIpc) is 2.47. The van der Waals surface area contributed by atoms with E-state index in [-0.39, 0.29) is 5.15 Å². The van der Waals surface area contributed by atoms with Crippen LogP contribution in [-0.4, -0.2) is 27.5 Å². The van der Waals surface area contributed by atoms with Crippen molar-refractivity contribution in [2.24, 2.45) is 5.92 Å². The van der Waals surface area contributed by atoms with Crippen LogP contribution in [0.2, 0.25) is 5.15 Å². The van der Waals surface area contributed by atoms with Gasteiger partial charge in [-0.3, -0.25) is 4.79 Å². The van der Waals surface area contributed by atoms with Gasteiger partial charge in [0.15, 0.2) is 0 Å². The summed E-state index contributed by atoms with van der Waals surface area (Å²) in [6.07, 6.45) is 5.04. The smallest absolute Gasteiger partial charge is 0.329 e. The fourth-order valence-corrected chi connectivity index (χ4v) is 2.98. The van der Waals surface area contributed by atoms with Crippen LogP contribution in [-0.2, 0) is 4.79 Å². The Bertz CT molecular complexity index is 539. The number of carbonyl (C=O) groups is 2. The molecular formula is C15H19ClN2O3. The number of carboxylic acid groups (broad SMARTS) is 1. The minimum atomic E-state index is -1.17. The van der Waals surface area contributed by atoms with E-state index in [1.807, 2.05) is 0 Å². The van der Waals surface area contributed by atoms with Crippen molar-refractivity contribution in [3.63, 3.8) is 0 Å². The number of carboxylic acids is 1. The van der Waals surface area contributed by atoms with Crippen molar-refractivity contribution in [3.05, 3.63) is 29.0 Å². The Morgan fingerprint density at radius 1 is 1.48 bits per heavy atom. The number of nitrogens with zero attached hydrogens (tertiary/aromatic N) is 1. The number of aliphatic carboxylic acids is 1. The Labute approximate surface area is 128 Å². The molecule has 1 saturated carbocycles. The molecule has 6 heteroatoms. The van der Waals surface area contributed by atoms with Crippen molar-refractivity contribution in [3.8, 4) is 0 Å². The van der Waals surface area contributed by atoms with Gasteiger partial charge < -0.3 is 10.4 Å². The highest BCUT2D eigenvalue weighted by Gasteiger charge is 2.43. The van der Waals surface area contributed by atoms with Crippen LogP contribution in [0.3, 0.4) is 0 Å². The van der Waals surface area contributed by atoms with Gasteiger partial charge in [0.25, 0.3) is 5.91 Å². The molecule has 1 fully saturated rings. The highest BCUT2D eigenvalue weighted by atomic mass is 35.5. The SMILES string of the molecule is CCC1CCC(NC(=O)c2ccnc(Cl)c2)(C(=O)O)CC1. The minimum absolute atomic E-state index is 0.210. The lowest BCUT2D eigenvalue weighted by molar-refractivity contribution is -0.146. The molecule has 21 heavy (non-hydrogen) atoms. The lowest BCUT2D eigenvalue weighted by atomic mass is 9.75. The van der Waals surface area contributed by atoms with Crippen LogP contribution in [0.5, 0.6) is 0 Å². The van der Waals surface area contributed by atoms with Gasteiger partial charge in [0.1, 0.15) is 10.7 Å². The first-order chi connectivity index (χ1) is 9.97. The predicted octanol–water partition coefficient (Wildman–Crippen LogP) is 2.89. The lowest BCUT2D eigenvalue weighted by Gasteiger charge is -2.37. The number of hydrogen-bond acceptors (Lipinski definition) is 3. The highest BCUT2D eigenvalue weighted by molar-refractivity contribution is 6.29. The summed E-state index contributed by atoms with van der Waals surface area (Å²) in [5, 5.41) is 12.4. The van der Waals surface area contributed by atoms with E-state index in [0.717, 1.165) is 19.3 Å². The molecule has 1 aliphatic carbocycles. The van der Waals surface area contributed by atoms with E-state index in [4.69, 9.17) is 11.6 Å². The standard InChI is InChI=1S/C15H19ClN2O3/c1-2-10-3-6-15(7-4-10,14(20)21)18-13(19)11-5-8-17-12(16)9-11/h5,8-10H,2-4,6-7H2,1H3,(H,18,19)(H,20,21). The van der Waals surface area contributed by atoms with Crippen molar-refractivity contribution in [1.82, 2.24) is 10.3 Å². The number of rotatable bonds is 4. The second-order valence-electron chi connectivity index (χ2n) is 5.56. The molecule has 1 aliphatic rings. The van der Waals surface area contributed by atoms with Gasteiger partial charge in [-0.1, -0.05) is 24.9 Å². The number of amides is 1. The molecule has 1 amide bonds. The third-order valence-corrected chi connectivity index (χ3v) is 4.49. The van der Waals surface area contributed by atoms with Crippen LogP contribution >= 0.6 is 11.6 Å². The predicted molar refractivity (Wildman–Crippen MR) is 79.3 cm³/mol. The zero-order chi connectivity index (χ0) is 15.5. The fraction of sp³-hybridized carbons (Fsp3) is 0.533. The van der Waals surface area contributed by atoms with Crippen LogP contribution in [0.15, 0.2) is 18.3 Å². The van der Waals surface area contributed by atoms with E-state index in [1.54, 1.807) is 0 Å². The Balaban J connectivity index is 2.14. The summed E-state index contributed by atoms with van der Waals surface area (Å²) in [6.45, 7) is 2.11. The lowest BCUT2D eigenvalue weighted by Crippen LogP contribution is -2.56. The molecule has 114 valence electrons. The first-order valence-corrected chi connectivity index (χ1v) is 7.52. The molecule has 2 N–H and O–H groups in total. The molecule has 1 heterocycles. The first kappa shape index (κ1) is 15.8. The zero-order valence-corrected chi connectivity index (χ0v) is 12.7. The van der Waals surface area contributed by atoms with Crippen LogP contribution in [0.4, 0.5) is 0 Å². The van der Waals surface area contributed by atoms with E-state index in [2.05, 4.69) is 17.2 Å². The van der Waals surface area contributed by atoms with E-state index < -0.39 is 17.4 Å². The molecule has 1 aromatic heterocycles. The number of halogens is 1. The molecule has 0 unspecified atom stereocenters. The average molecular weight is 311 g/mol. The zero-order valence-electron chi connectivity index (χ0n) is 11.9. The maximum absolute atomic E-state index is 12.3. The molecule has 0 aliphatic heterocycles. The fourth-order valence-electron chi connectivity index (χ4n) is 2.80.